The number of benzene rings is 3. The fourth-order valence-electron chi connectivity index (χ4n) is 3.21. The third-order valence-electron chi connectivity index (χ3n) is 5.26. The number of carbonyl (C=O) groups excluding carboxylic acids is 1. The summed E-state index contributed by atoms with van der Waals surface area (Å²) < 4.78 is 28.0. The standard InChI is InChI=1S/C26H29N3O3S2/c1-19(2)22-9-7-21(8-10-22)17-27-28-26(30)18-29(23-11-5-20(3)6-12-23)34(31,32)25-15-13-24(33-4)14-16-25/h5-17,19H,18H2,1-4H3,(H,28,30)/b27-17-. The molecule has 1 amide bonds. The van der Waals surface area contributed by atoms with E-state index in [9.17, 15) is 13.2 Å². The Morgan fingerprint density at radius 3 is 2.18 bits per heavy atom. The summed E-state index contributed by atoms with van der Waals surface area (Å²) >= 11 is 1.53. The maximum atomic E-state index is 13.4. The number of hydrazone groups is 1. The molecule has 8 heteroatoms. The molecule has 178 valence electrons. The lowest BCUT2D eigenvalue weighted by atomic mass is 10.0. The van der Waals surface area contributed by atoms with Crippen molar-refractivity contribution in [2.75, 3.05) is 17.1 Å². The molecule has 0 aromatic heterocycles. The predicted octanol–water partition coefficient (Wildman–Crippen LogP) is 5.19. The van der Waals surface area contributed by atoms with E-state index in [1.807, 2.05) is 49.6 Å². The largest absolute Gasteiger partial charge is 0.271 e. The smallest absolute Gasteiger partial charge is 0.264 e. The van der Waals surface area contributed by atoms with Crippen LogP contribution in [0.1, 0.15) is 36.5 Å². The number of amides is 1. The highest BCUT2D eigenvalue weighted by Crippen LogP contribution is 2.25. The number of hydrogen-bond acceptors (Lipinski definition) is 5. The van der Waals surface area contributed by atoms with Gasteiger partial charge in [0.25, 0.3) is 15.9 Å². The van der Waals surface area contributed by atoms with Gasteiger partial charge in [-0.15, -0.1) is 11.8 Å². The molecule has 0 aliphatic rings. The molecule has 0 atom stereocenters. The Kier molecular flexibility index (Phi) is 8.52. The molecular formula is C26H29N3O3S2. The molecule has 3 aromatic carbocycles. The Morgan fingerprint density at radius 1 is 1.00 bits per heavy atom. The molecule has 0 heterocycles. The highest BCUT2D eigenvalue weighted by Gasteiger charge is 2.27. The molecule has 0 bridgehead atoms. The topological polar surface area (TPSA) is 78.8 Å². The fourth-order valence-corrected chi connectivity index (χ4v) is 5.04. The van der Waals surface area contributed by atoms with E-state index >= 15 is 0 Å². The van der Waals surface area contributed by atoms with Gasteiger partial charge in [0, 0.05) is 4.90 Å². The summed E-state index contributed by atoms with van der Waals surface area (Å²) in [6.45, 7) is 5.75. The molecule has 34 heavy (non-hydrogen) atoms. The number of thioether (sulfide) groups is 1. The summed E-state index contributed by atoms with van der Waals surface area (Å²) in [7, 11) is -3.97. The van der Waals surface area contributed by atoms with E-state index in [0.29, 0.717) is 11.6 Å². The van der Waals surface area contributed by atoms with Crippen molar-refractivity contribution >= 4 is 39.6 Å². The SMILES string of the molecule is CSc1ccc(S(=O)(=O)N(CC(=O)N/N=C\c2ccc(C(C)C)cc2)c2ccc(C)cc2)cc1. The Hall–Kier alpha value is -3.10. The number of nitrogens with zero attached hydrogens (tertiary/aromatic N) is 2. The van der Waals surface area contributed by atoms with Crippen LogP contribution in [0, 0.1) is 6.92 Å². The Balaban J connectivity index is 1.79. The van der Waals surface area contributed by atoms with Gasteiger partial charge in [-0.25, -0.2) is 13.8 Å². The lowest BCUT2D eigenvalue weighted by molar-refractivity contribution is -0.119. The Labute approximate surface area is 206 Å². The molecule has 3 aromatic rings. The van der Waals surface area contributed by atoms with Gasteiger partial charge in [0.2, 0.25) is 0 Å². The van der Waals surface area contributed by atoms with E-state index in [1.54, 1.807) is 36.4 Å². The predicted molar refractivity (Wildman–Crippen MR) is 140 cm³/mol. The van der Waals surface area contributed by atoms with Crippen LogP contribution in [0.5, 0.6) is 0 Å². The molecule has 0 aliphatic carbocycles. The lowest BCUT2D eigenvalue weighted by Gasteiger charge is -2.24. The van der Waals surface area contributed by atoms with Crippen LogP contribution >= 0.6 is 11.8 Å². The number of hydrogen-bond donors (Lipinski definition) is 1. The van der Waals surface area contributed by atoms with Gasteiger partial charge in [0.05, 0.1) is 16.8 Å². The van der Waals surface area contributed by atoms with Crippen LogP contribution in [0.4, 0.5) is 5.69 Å². The molecule has 0 saturated carbocycles. The lowest BCUT2D eigenvalue weighted by Crippen LogP contribution is -2.39. The summed E-state index contributed by atoms with van der Waals surface area (Å²) in [6.07, 6.45) is 3.46. The van der Waals surface area contributed by atoms with E-state index in [2.05, 4.69) is 24.4 Å². The van der Waals surface area contributed by atoms with E-state index in [1.165, 1.54) is 23.5 Å². The van der Waals surface area contributed by atoms with Crippen molar-refractivity contribution in [1.82, 2.24) is 5.43 Å². The first-order valence-electron chi connectivity index (χ1n) is 10.9. The maximum Gasteiger partial charge on any atom is 0.264 e. The third kappa shape index (κ3) is 6.48. The second-order valence-corrected chi connectivity index (χ2v) is 10.9. The van der Waals surface area contributed by atoms with Crippen LogP contribution in [-0.2, 0) is 14.8 Å². The fraction of sp³-hybridized carbons (Fsp3) is 0.231. The zero-order valence-corrected chi connectivity index (χ0v) is 21.4. The molecule has 0 aliphatic heterocycles. The number of nitrogens with one attached hydrogen (secondary N) is 1. The van der Waals surface area contributed by atoms with Gasteiger partial charge in [-0.3, -0.25) is 9.10 Å². The van der Waals surface area contributed by atoms with Crippen molar-refractivity contribution in [3.05, 3.63) is 89.5 Å². The highest BCUT2D eigenvalue weighted by molar-refractivity contribution is 7.98. The summed E-state index contributed by atoms with van der Waals surface area (Å²) in [6, 6.07) is 21.5. The van der Waals surface area contributed by atoms with Crippen molar-refractivity contribution in [3.8, 4) is 0 Å². The number of aryl methyl sites for hydroxylation is 1. The van der Waals surface area contributed by atoms with Crippen LogP contribution in [0.2, 0.25) is 0 Å². The van der Waals surface area contributed by atoms with Gasteiger partial charge in [0.15, 0.2) is 0 Å². The summed E-state index contributed by atoms with van der Waals surface area (Å²) in [5.41, 5.74) is 5.89. The highest BCUT2D eigenvalue weighted by atomic mass is 32.2. The van der Waals surface area contributed by atoms with E-state index in [4.69, 9.17) is 0 Å². The molecule has 0 unspecified atom stereocenters. The second-order valence-electron chi connectivity index (χ2n) is 8.14. The minimum atomic E-state index is -3.97. The molecule has 0 spiro atoms. The summed E-state index contributed by atoms with van der Waals surface area (Å²) in [5.74, 6) is -0.114. The molecular weight excluding hydrogens is 466 g/mol. The molecule has 0 radical (unpaired) electrons. The molecule has 0 saturated heterocycles. The van der Waals surface area contributed by atoms with Gasteiger partial charge in [-0.05, 0) is 66.6 Å². The monoisotopic (exact) mass is 495 g/mol. The van der Waals surface area contributed by atoms with Crippen LogP contribution in [0.15, 0.2) is 87.7 Å². The van der Waals surface area contributed by atoms with Gasteiger partial charge >= 0.3 is 0 Å². The third-order valence-corrected chi connectivity index (χ3v) is 7.79. The first kappa shape index (κ1) is 25.5. The van der Waals surface area contributed by atoms with E-state index < -0.39 is 22.5 Å². The second kappa shape index (κ2) is 11.4. The number of rotatable bonds is 9. The van der Waals surface area contributed by atoms with Gasteiger partial charge < -0.3 is 0 Å². The van der Waals surface area contributed by atoms with Crippen molar-refractivity contribution in [1.29, 1.82) is 0 Å². The Morgan fingerprint density at radius 2 is 1.62 bits per heavy atom. The van der Waals surface area contributed by atoms with Crippen LogP contribution in [-0.4, -0.2) is 33.3 Å². The van der Waals surface area contributed by atoms with E-state index in [-0.39, 0.29) is 4.90 Å². The van der Waals surface area contributed by atoms with Crippen LogP contribution in [0.25, 0.3) is 0 Å². The Bertz CT molecular complexity index is 1240. The molecule has 0 fully saturated rings. The first-order chi connectivity index (χ1) is 16.2. The zero-order valence-electron chi connectivity index (χ0n) is 19.7. The van der Waals surface area contributed by atoms with Crippen molar-refractivity contribution in [3.63, 3.8) is 0 Å². The number of carbonyl (C=O) groups is 1. The minimum absolute atomic E-state index is 0.118. The van der Waals surface area contributed by atoms with Crippen LogP contribution < -0.4 is 9.73 Å². The number of anilines is 1. The average Bonchev–Trinajstić information content (AvgIpc) is 2.83. The van der Waals surface area contributed by atoms with Crippen molar-refractivity contribution in [2.45, 2.75) is 36.5 Å². The average molecular weight is 496 g/mol. The van der Waals surface area contributed by atoms with Gasteiger partial charge in [-0.1, -0.05) is 55.8 Å². The van der Waals surface area contributed by atoms with Crippen molar-refractivity contribution < 1.29 is 13.2 Å². The molecule has 6 nitrogen and oxygen atoms in total. The molecule has 1 N–H and O–H groups in total. The van der Waals surface area contributed by atoms with Gasteiger partial charge in [-0.2, -0.15) is 5.10 Å². The summed E-state index contributed by atoms with van der Waals surface area (Å²) in [5, 5.41) is 4.01. The summed E-state index contributed by atoms with van der Waals surface area (Å²) in [4.78, 5) is 13.7. The zero-order chi connectivity index (χ0) is 24.7. The van der Waals surface area contributed by atoms with Crippen molar-refractivity contribution in [2.24, 2.45) is 5.10 Å². The number of sulfonamides is 1. The molecule has 3 rings (SSSR count). The van der Waals surface area contributed by atoms with Crippen LogP contribution in [0.3, 0.4) is 0 Å². The van der Waals surface area contributed by atoms with Gasteiger partial charge in [0.1, 0.15) is 6.54 Å². The normalized spacial score (nSPS) is 11.7. The first-order valence-corrected chi connectivity index (χ1v) is 13.5. The minimum Gasteiger partial charge on any atom is -0.271 e. The van der Waals surface area contributed by atoms with E-state index in [0.717, 1.165) is 20.3 Å². The quantitative estimate of drug-likeness (QED) is 0.252. The maximum absolute atomic E-state index is 13.4.